The van der Waals surface area contributed by atoms with Crippen LogP contribution < -0.4 is 4.74 Å². The van der Waals surface area contributed by atoms with E-state index >= 15 is 0 Å². The summed E-state index contributed by atoms with van der Waals surface area (Å²) in [6, 6.07) is 15.1. The highest BCUT2D eigenvalue weighted by molar-refractivity contribution is 5.82. The molecule has 0 spiro atoms. The van der Waals surface area contributed by atoms with Crippen molar-refractivity contribution in [3.63, 3.8) is 0 Å². The molecule has 0 radical (unpaired) electrons. The summed E-state index contributed by atoms with van der Waals surface area (Å²) in [4.78, 5) is 2.42. The molecule has 26 heavy (non-hydrogen) atoms. The molecule has 1 aliphatic rings. The molecule has 0 atom stereocenters. The number of likely N-dealkylation sites (tertiary alicyclic amines) is 1. The average Bonchev–Trinajstić information content (AvgIpc) is 3.07. The summed E-state index contributed by atoms with van der Waals surface area (Å²) in [5.41, 5.74) is 0. The molecule has 2 aromatic carbocycles. The number of benzene rings is 2. The van der Waals surface area contributed by atoms with Crippen molar-refractivity contribution < 1.29 is 9.13 Å². The van der Waals surface area contributed by atoms with Crippen molar-refractivity contribution in [2.45, 2.75) is 19.4 Å². The number of para-hydroxylation sites is 1. The standard InChI is InChI=1S/C22H25FN2O/c23-21-7-3-4-8-22(21)26-14-13-24-11-9-18(10-12-24)15-25-16-19-5-1-2-6-20(19)17-25/h1-8,16-18H,9-15H2. The van der Waals surface area contributed by atoms with Gasteiger partial charge < -0.3 is 9.30 Å². The SMILES string of the molecule is Fc1ccccc1OCCN1CCC(Cn2cc3ccccc3c2)CC1. The molecule has 136 valence electrons. The van der Waals surface area contributed by atoms with Gasteiger partial charge in [-0.3, -0.25) is 4.90 Å². The molecule has 3 aromatic rings. The lowest BCUT2D eigenvalue weighted by Crippen LogP contribution is -2.37. The van der Waals surface area contributed by atoms with E-state index in [4.69, 9.17) is 4.74 Å². The van der Waals surface area contributed by atoms with Gasteiger partial charge in [0, 0.05) is 25.5 Å². The van der Waals surface area contributed by atoms with E-state index in [0.717, 1.165) is 32.1 Å². The van der Waals surface area contributed by atoms with Crippen molar-refractivity contribution in [1.82, 2.24) is 9.47 Å². The van der Waals surface area contributed by atoms with E-state index in [1.165, 1.54) is 29.7 Å². The van der Waals surface area contributed by atoms with Gasteiger partial charge in [-0.15, -0.1) is 0 Å². The van der Waals surface area contributed by atoms with Crippen molar-refractivity contribution in [2.24, 2.45) is 5.92 Å². The smallest absolute Gasteiger partial charge is 0.165 e. The Bertz CT molecular complexity index is 819. The number of hydrogen-bond donors (Lipinski definition) is 0. The summed E-state index contributed by atoms with van der Waals surface area (Å²) in [7, 11) is 0. The van der Waals surface area contributed by atoms with E-state index in [-0.39, 0.29) is 5.82 Å². The predicted octanol–water partition coefficient (Wildman–Crippen LogP) is 4.57. The number of ether oxygens (including phenoxy) is 1. The third-order valence-corrected chi connectivity index (χ3v) is 5.28. The highest BCUT2D eigenvalue weighted by Crippen LogP contribution is 2.22. The summed E-state index contributed by atoms with van der Waals surface area (Å²) < 4.78 is 21.5. The molecule has 0 bridgehead atoms. The van der Waals surface area contributed by atoms with Crippen LogP contribution in [0.3, 0.4) is 0 Å². The second-order valence-corrected chi connectivity index (χ2v) is 7.15. The van der Waals surface area contributed by atoms with Gasteiger partial charge in [-0.2, -0.15) is 0 Å². The van der Waals surface area contributed by atoms with E-state index in [0.29, 0.717) is 12.4 Å². The fourth-order valence-corrected chi connectivity index (χ4v) is 3.78. The zero-order valence-electron chi connectivity index (χ0n) is 15.0. The van der Waals surface area contributed by atoms with Crippen molar-refractivity contribution in [3.05, 3.63) is 66.7 Å². The summed E-state index contributed by atoms with van der Waals surface area (Å²) in [6.07, 6.45) is 6.91. The molecule has 0 aliphatic carbocycles. The first-order valence-electron chi connectivity index (χ1n) is 9.42. The Balaban J connectivity index is 1.22. The second-order valence-electron chi connectivity index (χ2n) is 7.15. The predicted molar refractivity (Wildman–Crippen MR) is 103 cm³/mol. The fourth-order valence-electron chi connectivity index (χ4n) is 3.78. The number of halogens is 1. The Morgan fingerprint density at radius 3 is 2.27 bits per heavy atom. The van der Waals surface area contributed by atoms with Crippen molar-refractivity contribution in [2.75, 3.05) is 26.2 Å². The molecule has 4 rings (SSSR count). The maximum absolute atomic E-state index is 13.5. The Morgan fingerprint density at radius 2 is 1.58 bits per heavy atom. The monoisotopic (exact) mass is 352 g/mol. The summed E-state index contributed by atoms with van der Waals surface area (Å²) in [5.74, 6) is 0.785. The molecule has 1 aliphatic heterocycles. The lowest BCUT2D eigenvalue weighted by Gasteiger charge is -2.32. The fraction of sp³-hybridized carbons (Fsp3) is 0.364. The number of aromatic nitrogens is 1. The quantitative estimate of drug-likeness (QED) is 0.646. The highest BCUT2D eigenvalue weighted by atomic mass is 19.1. The molecule has 0 saturated carbocycles. The zero-order valence-corrected chi connectivity index (χ0v) is 15.0. The van der Waals surface area contributed by atoms with Gasteiger partial charge in [-0.1, -0.05) is 36.4 Å². The van der Waals surface area contributed by atoms with Crippen LogP contribution >= 0.6 is 0 Å². The van der Waals surface area contributed by atoms with E-state index in [1.807, 2.05) is 0 Å². The number of rotatable bonds is 6. The maximum atomic E-state index is 13.5. The molecule has 1 aromatic heterocycles. The van der Waals surface area contributed by atoms with Gasteiger partial charge >= 0.3 is 0 Å². The maximum Gasteiger partial charge on any atom is 0.165 e. The molecule has 0 amide bonds. The minimum Gasteiger partial charge on any atom is -0.489 e. The molecule has 1 saturated heterocycles. The Labute approximate surface area is 154 Å². The Kier molecular flexibility index (Phi) is 5.21. The minimum absolute atomic E-state index is 0.287. The molecule has 2 heterocycles. The third kappa shape index (κ3) is 4.07. The average molecular weight is 352 g/mol. The van der Waals surface area contributed by atoms with Gasteiger partial charge in [0.2, 0.25) is 0 Å². The molecular formula is C22H25FN2O. The molecule has 1 fully saturated rings. The van der Waals surface area contributed by atoms with Crippen LogP contribution in [0.25, 0.3) is 10.8 Å². The second kappa shape index (κ2) is 7.92. The third-order valence-electron chi connectivity index (χ3n) is 5.28. The molecule has 4 heteroatoms. The zero-order chi connectivity index (χ0) is 17.8. The van der Waals surface area contributed by atoms with Gasteiger partial charge in [-0.05, 0) is 54.8 Å². The molecular weight excluding hydrogens is 327 g/mol. The van der Waals surface area contributed by atoms with Crippen molar-refractivity contribution in [1.29, 1.82) is 0 Å². The van der Waals surface area contributed by atoms with Crippen LogP contribution in [-0.2, 0) is 6.54 Å². The first kappa shape index (κ1) is 17.1. The molecule has 3 nitrogen and oxygen atoms in total. The minimum atomic E-state index is -0.287. The van der Waals surface area contributed by atoms with Crippen LogP contribution in [0.2, 0.25) is 0 Å². The van der Waals surface area contributed by atoms with Gasteiger partial charge in [0.1, 0.15) is 6.61 Å². The lowest BCUT2D eigenvalue weighted by molar-refractivity contribution is 0.146. The van der Waals surface area contributed by atoms with E-state index < -0.39 is 0 Å². The van der Waals surface area contributed by atoms with Crippen LogP contribution in [0.4, 0.5) is 4.39 Å². The number of hydrogen-bond acceptors (Lipinski definition) is 2. The van der Waals surface area contributed by atoms with Crippen molar-refractivity contribution >= 4 is 10.8 Å². The highest BCUT2D eigenvalue weighted by Gasteiger charge is 2.19. The first-order chi connectivity index (χ1) is 12.8. The normalized spacial score (nSPS) is 16.2. The van der Waals surface area contributed by atoms with Gasteiger partial charge in [0.05, 0.1) is 0 Å². The number of fused-ring (bicyclic) bond motifs is 1. The van der Waals surface area contributed by atoms with Crippen LogP contribution in [0.5, 0.6) is 5.75 Å². The van der Waals surface area contributed by atoms with Crippen molar-refractivity contribution in [3.8, 4) is 5.75 Å². The van der Waals surface area contributed by atoms with Gasteiger partial charge in [0.25, 0.3) is 0 Å². The Morgan fingerprint density at radius 1 is 0.923 bits per heavy atom. The summed E-state index contributed by atoms with van der Waals surface area (Å²) >= 11 is 0. The largest absolute Gasteiger partial charge is 0.489 e. The lowest BCUT2D eigenvalue weighted by atomic mass is 9.97. The molecule has 0 N–H and O–H groups in total. The van der Waals surface area contributed by atoms with Crippen LogP contribution in [0.1, 0.15) is 12.8 Å². The van der Waals surface area contributed by atoms with E-state index in [1.54, 1.807) is 18.2 Å². The molecule has 0 unspecified atom stereocenters. The number of nitrogens with zero attached hydrogens (tertiary/aromatic N) is 2. The van der Waals surface area contributed by atoms with Crippen LogP contribution in [-0.4, -0.2) is 35.7 Å². The first-order valence-corrected chi connectivity index (χ1v) is 9.42. The number of piperidine rings is 1. The van der Waals surface area contributed by atoms with Crippen LogP contribution in [0.15, 0.2) is 60.9 Å². The van der Waals surface area contributed by atoms with E-state index in [9.17, 15) is 4.39 Å². The summed E-state index contributed by atoms with van der Waals surface area (Å²) in [6.45, 7) is 4.66. The van der Waals surface area contributed by atoms with Gasteiger partial charge in [0.15, 0.2) is 11.6 Å². The topological polar surface area (TPSA) is 17.4 Å². The van der Waals surface area contributed by atoms with E-state index in [2.05, 4.69) is 46.1 Å². The summed E-state index contributed by atoms with van der Waals surface area (Å²) in [5, 5.41) is 2.63. The van der Waals surface area contributed by atoms with Gasteiger partial charge in [-0.25, -0.2) is 4.39 Å². The Hall–Kier alpha value is -2.33. The van der Waals surface area contributed by atoms with Crippen LogP contribution in [0, 0.1) is 11.7 Å².